The van der Waals surface area contributed by atoms with Crippen LogP contribution < -0.4 is 0 Å². The minimum atomic E-state index is -0.539. The average Bonchev–Trinajstić information content (AvgIpc) is 3.27. The molecule has 0 bridgehead atoms. The predicted octanol–water partition coefficient (Wildman–Crippen LogP) is 1.05. The maximum absolute atomic E-state index is 12.3. The number of aromatic nitrogens is 7. The highest BCUT2D eigenvalue weighted by atomic mass is 16.3. The molecule has 0 saturated heterocycles. The molecule has 2 aromatic heterocycles. The molecule has 1 N–H and O–H groups in total. The van der Waals surface area contributed by atoms with Crippen LogP contribution in [-0.2, 0) is 13.0 Å². The van der Waals surface area contributed by atoms with Gasteiger partial charge in [-0.25, -0.2) is 4.68 Å². The van der Waals surface area contributed by atoms with Gasteiger partial charge in [0.25, 0.3) is 0 Å². The van der Waals surface area contributed by atoms with Crippen molar-refractivity contribution in [3.05, 3.63) is 59.9 Å². The third kappa shape index (κ3) is 2.82. The number of benzene rings is 2. The van der Waals surface area contributed by atoms with Crippen molar-refractivity contribution in [1.82, 2.24) is 35.2 Å². The number of tetrazole rings is 1. The highest BCUT2D eigenvalue weighted by molar-refractivity contribution is 5.97. The zero-order valence-electron chi connectivity index (χ0n) is 13.0. The molecule has 0 atom stereocenters. The van der Waals surface area contributed by atoms with Crippen molar-refractivity contribution in [2.45, 2.75) is 13.0 Å². The van der Waals surface area contributed by atoms with Crippen molar-refractivity contribution < 1.29 is 9.90 Å². The van der Waals surface area contributed by atoms with Crippen molar-refractivity contribution in [3.63, 3.8) is 0 Å². The van der Waals surface area contributed by atoms with Gasteiger partial charge >= 0.3 is 5.91 Å². The van der Waals surface area contributed by atoms with Crippen molar-refractivity contribution >= 4 is 16.9 Å². The summed E-state index contributed by atoms with van der Waals surface area (Å²) < 4.78 is 1.75. The predicted molar refractivity (Wildman–Crippen MR) is 86.9 cm³/mol. The van der Waals surface area contributed by atoms with E-state index in [-0.39, 0.29) is 11.3 Å². The molecular formula is C16H13N7O2. The number of hydrogen-bond donors (Lipinski definition) is 1. The summed E-state index contributed by atoms with van der Waals surface area (Å²) >= 11 is 0. The Bertz CT molecular complexity index is 1050. The maximum atomic E-state index is 12.3. The normalized spacial score (nSPS) is 11.0. The molecule has 0 saturated carbocycles. The Hall–Kier alpha value is -3.62. The van der Waals surface area contributed by atoms with Gasteiger partial charge in [-0.2, -0.15) is 0 Å². The van der Waals surface area contributed by atoms with Crippen molar-refractivity contribution in [2.24, 2.45) is 0 Å². The number of phenolic OH excluding ortho intramolecular Hbond substituents is 1. The molecule has 4 aromatic rings. The zero-order valence-corrected chi connectivity index (χ0v) is 13.0. The van der Waals surface area contributed by atoms with E-state index in [1.54, 1.807) is 16.8 Å². The van der Waals surface area contributed by atoms with Crippen LogP contribution in [0.1, 0.15) is 16.2 Å². The fourth-order valence-electron chi connectivity index (χ4n) is 2.48. The van der Waals surface area contributed by atoms with E-state index in [9.17, 15) is 9.90 Å². The van der Waals surface area contributed by atoms with Gasteiger partial charge in [0, 0.05) is 6.42 Å². The van der Waals surface area contributed by atoms with Crippen LogP contribution in [0.3, 0.4) is 0 Å². The first-order chi connectivity index (χ1) is 12.2. The molecule has 4 rings (SSSR count). The molecular weight excluding hydrogens is 322 g/mol. The lowest BCUT2D eigenvalue weighted by Crippen LogP contribution is -2.16. The Morgan fingerprint density at radius 2 is 1.80 bits per heavy atom. The fourth-order valence-corrected chi connectivity index (χ4v) is 2.48. The Morgan fingerprint density at radius 1 is 1.00 bits per heavy atom. The molecule has 9 nitrogen and oxygen atoms in total. The number of rotatable bonds is 4. The second-order valence-electron chi connectivity index (χ2n) is 5.37. The topological polar surface area (TPSA) is 112 Å². The number of fused-ring (bicyclic) bond motifs is 1. The summed E-state index contributed by atoms with van der Waals surface area (Å²) in [5.41, 5.74) is 1.85. The summed E-state index contributed by atoms with van der Waals surface area (Å²) in [4.78, 5) is 13.2. The first-order valence-corrected chi connectivity index (χ1v) is 7.62. The fraction of sp³-hybridized carbons (Fsp3) is 0.125. The number of aromatic hydroxyl groups is 1. The molecule has 2 heterocycles. The number of carbonyl (C=O) groups excluding carboxylic acids is 1. The van der Waals surface area contributed by atoms with Crippen LogP contribution in [0.25, 0.3) is 11.0 Å². The van der Waals surface area contributed by atoms with Gasteiger partial charge in [-0.3, -0.25) is 4.79 Å². The molecule has 2 aromatic carbocycles. The highest BCUT2D eigenvalue weighted by Gasteiger charge is 2.16. The second-order valence-corrected chi connectivity index (χ2v) is 5.37. The van der Waals surface area contributed by atoms with Gasteiger partial charge in [-0.15, -0.1) is 15.3 Å². The van der Waals surface area contributed by atoms with E-state index in [0.29, 0.717) is 18.8 Å². The molecule has 9 heteroatoms. The van der Waals surface area contributed by atoms with Gasteiger partial charge in [0.05, 0.1) is 17.6 Å². The second kappa shape index (κ2) is 6.11. The number of nitrogens with zero attached hydrogens (tertiary/aromatic N) is 7. The summed E-state index contributed by atoms with van der Waals surface area (Å²) in [5.74, 6) is -0.258. The van der Waals surface area contributed by atoms with Gasteiger partial charge in [-0.05, 0) is 29.5 Å². The standard InChI is InChI=1S/C16H13N7O2/c24-14-8-4-1-5-11(14)16(25)23-19-15(18-21-23)9-10-22-13-7-3-2-6-12(13)17-20-22/h1-8,24H,9-10H2. The maximum Gasteiger partial charge on any atom is 0.300 e. The van der Waals surface area contributed by atoms with E-state index >= 15 is 0 Å². The number of phenols is 1. The first-order valence-electron chi connectivity index (χ1n) is 7.62. The molecule has 0 aliphatic heterocycles. The van der Waals surface area contributed by atoms with E-state index in [1.165, 1.54) is 12.1 Å². The highest BCUT2D eigenvalue weighted by Crippen LogP contribution is 2.16. The molecule has 0 unspecified atom stereocenters. The Balaban J connectivity index is 1.50. The molecule has 25 heavy (non-hydrogen) atoms. The molecule has 0 amide bonds. The largest absolute Gasteiger partial charge is 0.507 e. The van der Waals surface area contributed by atoms with Gasteiger partial charge in [0.1, 0.15) is 11.3 Å². The minimum Gasteiger partial charge on any atom is -0.507 e. The lowest BCUT2D eigenvalue weighted by atomic mass is 10.2. The van der Waals surface area contributed by atoms with Crippen LogP contribution in [0, 0.1) is 0 Å². The molecule has 0 radical (unpaired) electrons. The molecule has 0 fully saturated rings. The van der Waals surface area contributed by atoms with Crippen molar-refractivity contribution in [2.75, 3.05) is 0 Å². The smallest absolute Gasteiger partial charge is 0.300 e. The number of hydrogen-bond acceptors (Lipinski definition) is 7. The molecule has 0 aliphatic carbocycles. The van der Waals surface area contributed by atoms with Gasteiger partial charge in [0.15, 0.2) is 5.82 Å². The summed E-state index contributed by atoms with van der Waals surface area (Å²) in [5, 5.41) is 29.7. The van der Waals surface area contributed by atoms with Crippen LogP contribution in [0.2, 0.25) is 0 Å². The summed E-state index contributed by atoms with van der Waals surface area (Å²) in [7, 11) is 0. The van der Waals surface area contributed by atoms with E-state index in [0.717, 1.165) is 15.8 Å². The Kier molecular flexibility index (Phi) is 3.65. The third-order valence-electron chi connectivity index (χ3n) is 3.74. The SMILES string of the molecule is O=C(c1ccccc1O)n1nnc(CCn2nnc3ccccc32)n1. The van der Waals surface area contributed by atoms with Crippen molar-refractivity contribution in [3.8, 4) is 5.75 Å². The Labute approximate surface area is 141 Å². The molecule has 124 valence electrons. The van der Waals surface area contributed by atoms with E-state index in [2.05, 4.69) is 25.7 Å². The minimum absolute atomic E-state index is 0.119. The van der Waals surface area contributed by atoms with E-state index in [1.807, 2.05) is 24.3 Å². The summed E-state index contributed by atoms with van der Waals surface area (Å²) in [6.07, 6.45) is 0.446. The van der Waals surface area contributed by atoms with Crippen LogP contribution in [-0.4, -0.2) is 46.2 Å². The number of para-hydroxylation sites is 2. The van der Waals surface area contributed by atoms with E-state index in [4.69, 9.17) is 0 Å². The lowest BCUT2D eigenvalue weighted by molar-refractivity contribution is 0.0922. The first kappa shape index (κ1) is 14.9. The molecule has 0 spiro atoms. The van der Waals surface area contributed by atoms with Gasteiger partial charge in [-0.1, -0.05) is 34.3 Å². The lowest BCUT2D eigenvalue weighted by Gasteiger charge is -2.01. The van der Waals surface area contributed by atoms with Crippen LogP contribution in [0.4, 0.5) is 0 Å². The quantitative estimate of drug-likeness (QED) is 0.593. The van der Waals surface area contributed by atoms with E-state index < -0.39 is 5.91 Å². The van der Waals surface area contributed by atoms with Crippen molar-refractivity contribution in [1.29, 1.82) is 0 Å². The van der Waals surface area contributed by atoms with Crippen LogP contribution >= 0.6 is 0 Å². The van der Waals surface area contributed by atoms with Gasteiger partial charge in [0.2, 0.25) is 0 Å². The van der Waals surface area contributed by atoms with Crippen LogP contribution in [0.5, 0.6) is 5.75 Å². The monoisotopic (exact) mass is 335 g/mol. The zero-order chi connectivity index (χ0) is 17.2. The average molecular weight is 335 g/mol. The Morgan fingerprint density at radius 3 is 2.68 bits per heavy atom. The van der Waals surface area contributed by atoms with Crippen LogP contribution in [0.15, 0.2) is 48.5 Å². The summed E-state index contributed by atoms with van der Waals surface area (Å²) in [6.45, 7) is 0.511. The number of aryl methyl sites for hydroxylation is 2. The number of carbonyl (C=O) groups is 1. The molecule has 0 aliphatic rings. The third-order valence-corrected chi connectivity index (χ3v) is 3.74. The van der Waals surface area contributed by atoms with Gasteiger partial charge < -0.3 is 5.11 Å². The summed E-state index contributed by atoms with van der Waals surface area (Å²) in [6, 6.07) is 13.9.